The highest BCUT2D eigenvalue weighted by molar-refractivity contribution is 5.55. The van der Waals surface area contributed by atoms with Crippen molar-refractivity contribution in [2.24, 2.45) is 0 Å². The summed E-state index contributed by atoms with van der Waals surface area (Å²) < 4.78 is 1.87. The Balaban J connectivity index is 1.62. The second-order valence-electron chi connectivity index (χ2n) is 5.50. The van der Waals surface area contributed by atoms with E-state index in [-0.39, 0.29) is 0 Å². The summed E-state index contributed by atoms with van der Waals surface area (Å²) >= 11 is 0. The summed E-state index contributed by atoms with van der Waals surface area (Å²) in [6, 6.07) is 7.84. The average molecular weight is 303 g/mol. The van der Waals surface area contributed by atoms with Gasteiger partial charge < -0.3 is 5.32 Å². The van der Waals surface area contributed by atoms with Gasteiger partial charge in [0.15, 0.2) is 5.65 Å². The number of anilines is 1. The zero-order valence-electron chi connectivity index (χ0n) is 12.6. The van der Waals surface area contributed by atoms with Crippen LogP contribution in [0.25, 0.3) is 5.65 Å². The molecule has 0 aromatic carbocycles. The van der Waals surface area contributed by atoms with Gasteiger partial charge in [0.05, 0.1) is 18.4 Å². The van der Waals surface area contributed by atoms with E-state index in [1.54, 1.807) is 6.20 Å². The van der Waals surface area contributed by atoms with E-state index in [4.69, 9.17) is 0 Å². The molecule has 1 atom stereocenters. The molecule has 114 valence electrons. The molecule has 5 heteroatoms. The van der Waals surface area contributed by atoms with Crippen LogP contribution >= 0.6 is 0 Å². The molecule has 0 bridgehead atoms. The molecule has 0 fully saturated rings. The first-order chi connectivity index (χ1) is 11.4. The molecule has 23 heavy (non-hydrogen) atoms. The Morgan fingerprint density at radius 2 is 2.13 bits per heavy atom. The third-order valence-electron chi connectivity index (χ3n) is 3.99. The van der Waals surface area contributed by atoms with Gasteiger partial charge in [-0.2, -0.15) is 9.61 Å². The highest BCUT2D eigenvalue weighted by Gasteiger charge is 2.16. The third-order valence-corrected chi connectivity index (χ3v) is 3.99. The molecule has 3 aromatic heterocycles. The predicted molar refractivity (Wildman–Crippen MR) is 90.2 cm³/mol. The van der Waals surface area contributed by atoms with E-state index in [1.165, 1.54) is 0 Å². The zero-order valence-corrected chi connectivity index (χ0v) is 12.6. The Hall–Kier alpha value is -2.95. The molecular weight excluding hydrogens is 286 g/mol. The zero-order chi connectivity index (χ0) is 15.5. The number of nitrogens with zero attached hydrogens (tertiary/aromatic N) is 4. The number of aromatic nitrogens is 4. The minimum Gasteiger partial charge on any atom is -0.364 e. The molecule has 0 saturated heterocycles. The van der Waals surface area contributed by atoms with Gasteiger partial charge in [-0.3, -0.25) is 4.98 Å². The van der Waals surface area contributed by atoms with Crippen LogP contribution in [0.2, 0.25) is 0 Å². The highest BCUT2D eigenvalue weighted by atomic mass is 15.3. The standard InChI is InChI=1S/C18H17N5/c1-2-6-14(7-3-1)16-13-22-23-17(9-11-20-18(16)23)21-12-15-8-4-5-10-19-15/h1-6,8-11,13-14,21H,7,12H2. The Bertz CT molecular complexity index is 864. The number of hydrogen-bond acceptors (Lipinski definition) is 4. The molecule has 1 aliphatic carbocycles. The van der Waals surface area contributed by atoms with Crippen LogP contribution in [0, 0.1) is 0 Å². The summed E-state index contributed by atoms with van der Waals surface area (Å²) in [5.74, 6) is 1.26. The predicted octanol–water partition coefficient (Wildman–Crippen LogP) is 3.34. The Labute approximate surface area is 134 Å². The van der Waals surface area contributed by atoms with Gasteiger partial charge >= 0.3 is 0 Å². The van der Waals surface area contributed by atoms with Crippen molar-refractivity contribution in [3.8, 4) is 0 Å². The normalized spacial score (nSPS) is 16.8. The fraction of sp³-hybridized carbons (Fsp3) is 0.167. The molecule has 0 amide bonds. The minimum absolute atomic E-state index is 0.344. The summed E-state index contributed by atoms with van der Waals surface area (Å²) in [6.45, 7) is 0.654. The molecule has 0 radical (unpaired) electrons. The number of hydrogen-bond donors (Lipinski definition) is 1. The lowest BCUT2D eigenvalue weighted by molar-refractivity contribution is 0.858. The SMILES string of the molecule is C1=CCC(c2cnn3c(NCc4ccccn4)ccnc23)C=C1. The van der Waals surface area contributed by atoms with E-state index in [9.17, 15) is 0 Å². The average Bonchev–Trinajstić information content (AvgIpc) is 3.06. The molecule has 1 unspecified atom stereocenters. The van der Waals surface area contributed by atoms with Crippen molar-refractivity contribution >= 4 is 11.5 Å². The monoisotopic (exact) mass is 303 g/mol. The Morgan fingerprint density at radius 1 is 1.13 bits per heavy atom. The smallest absolute Gasteiger partial charge is 0.161 e. The topological polar surface area (TPSA) is 55.1 Å². The van der Waals surface area contributed by atoms with Gasteiger partial charge in [-0.05, 0) is 24.6 Å². The molecule has 3 heterocycles. The van der Waals surface area contributed by atoms with Gasteiger partial charge in [0, 0.05) is 23.9 Å². The maximum absolute atomic E-state index is 4.52. The fourth-order valence-corrected chi connectivity index (χ4v) is 2.80. The van der Waals surface area contributed by atoms with Crippen LogP contribution in [0.3, 0.4) is 0 Å². The maximum Gasteiger partial charge on any atom is 0.161 e. The number of nitrogens with one attached hydrogen (secondary N) is 1. The quantitative estimate of drug-likeness (QED) is 0.803. The number of pyridine rings is 1. The highest BCUT2D eigenvalue weighted by Crippen LogP contribution is 2.28. The molecule has 3 aromatic rings. The first kappa shape index (κ1) is 13.7. The van der Waals surface area contributed by atoms with Crippen LogP contribution in [-0.2, 0) is 6.54 Å². The van der Waals surface area contributed by atoms with E-state index in [2.05, 4.69) is 44.7 Å². The van der Waals surface area contributed by atoms with Gasteiger partial charge in [0.2, 0.25) is 0 Å². The van der Waals surface area contributed by atoms with E-state index in [0.29, 0.717) is 12.5 Å². The Morgan fingerprint density at radius 3 is 2.96 bits per heavy atom. The molecule has 1 aliphatic rings. The van der Waals surface area contributed by atoms with Crippen molar-refractivity contribution < 1.29 is 0 Å². The molecular formula is C18H17N5. The van der Waals surface area contributed by atoms with Crippen molar-refractivity contribution in [2.45, 2.75) is 18.9 Å². The molecule has 5 nitrogen and oxygen atoms in total. The van der Waals surface area contributed by atoms with Crippen LogP contribution < -0.4 is 5.32 Å². The van der Waals surface area contributed by atoms with E-state index < -0.39 is 0 Å². The Kier molecular flexibility index (Phi) is 3.60. The molecule has 4 rings (SSSR count). The summed E-state index contributed by atoms with van der Waals surface area (Å²) in [7, 11) is 0. The number of rotatable bonds is 4. The van der Waals surface area contributed by atoms with Crippen LogP contribution in [0.5, 0.6) is 0 Å². The van der Waals surface area contributed by atoms with Gasteiger partial charge in [-0.25, -0.2) is 4.98 Å². The molecule has 0 spiro atoms. The van der Waals surface area contributed by atoms with Gasteiger partial charge in [0.1, 0.15) is 5.82 Å². The van der Waals surface area contributed by atoms with Crippen molar-refractivity contribution in [3.05, 3.63) is 78.4 Å². The van der Waals surface area contributed by atoms with Crippen LogP contribution in [0.4, 0.5) is 5.82 Å². The first-order valence-electron chi connectivity index (χ1n) is 7.71. The van der Waals surface area contributed by atoms with Crippen LogP contribution in [-0.4, -0.2) is 19.6 Å². The van der Waals surface area contributed by atoms with Gasteiger partial charge in [-0.15, -0.1) is 0 Å². The van der Waals surface area contributed by atoms with E-state index in [0.717, 1.165) is 29.1 Å². The van der Waals surface area contributed by atoms with E-state index in [1.807, 2.05) is 41.2 Å². The van der Waals surface area contributed by atoms with Gasteiger partial charge in [0.25, 0.3) is 0 Å². The van der Waals surface area contributed by atoms with Crippen molar-refractivity contribution in [3.63, 3.8) is 0 Å². The van der Waals surface area contributed by atoms with Gasteiger partial charge in [-0.1, -0.05) is 30.4 Å². The van der Waals surface area contributed by atoms with Crippen molar-refractivity contribution in [2.75, 3.05) is 5.32 Å². The van der Waals surface area contributed by atoms with Crippen LogP contribution in [0.15, 0.2) is 67.2 Å². The summed E-state index contributed by atoms with van der Waals surface area (Å²) in [5.41, 5.74) is 3.05. The molecule has 0 aliphatic heterocycles. The van der Waals surface area contributed by atoms with E-state index >= 15 is 0 Å². The largest absolute Gasteiger partial charge is 0.364 e. The molecule has 0 saturated carbocycles. The summed E-state index contributed by atoms with van der Waals surface area (Å²) in [6.07, 6.45) is 15.1. The fourth-order valence-electron chi connectivity index (χ4n) is 2.80. The number of allylic oxidation sites excluding steroid dienone is 4. The lowest BCUT2D eigenvalue weighted by atomic mass is 9.95. The van der Waals surface area contributed by atoms with Crippen LogP contribution in [0.1, 0.15) is 23.6 Å². The lowest BCUT2D eigenvalue weighted by Crippen LogP contribution is -2.07. The minimum atomic E-state index is 0.344. The number of fused-ring (bicyclic) bond motifs is 1. The lowest BCUT2D eigenvalue weighted by Gasteiger charge is -2.12. The van der Waals surface area contributed by atoms with Crippen molar-refractivity contribution in [1.82, 2.24) is 19.6 Å². The van der Waals surface area contributed by atoms with Crippen molar-refractivity contribution in [1.29, 1.82) is 0 Å². The second kappa shape index (κ2) is 6.04. The maximum atomic E-state index is 4.52. The summed E-state index contributed by atoms with van der Waals surface area (Å²) in [5, 5.41) is 7.91. The second-order valence-corrected chi connectivity index (χ2v) is 5.50. The summed E-state index contributed by atoms with van der Waals surface area (Å²) in [4.78, 5) is 8.85. The third kappa shape index (κ3) is 2.73. The molecule has 1 N–H and O–H groups in total. The first-order valence-corrected chi connectivity index (χ1v) is 7.71.